The van der Waals surface area contributed by atoms with Crippen molar-refractivity contribution < 1.29 is 23.1 Å². The summed E-state index contributed by atoms with van der Waals surface area (Å²) in [6.07, 6.45) is 1.09. The minimum Gasteiger partial charge on any atom is -0.494 e. The standard InChI is InChI=1S/C25H20ClF2N7O3S/c1-11-4-13(14-5-20(26)30-8-18(14)38-3)15(6-29-11)23(36)34-25-33-17-9-35(10-19(17)39-25)24(37)21-12(2)32-16(7-31-21)22(27)28/h4-8,22H,9-10H2,1-3H3,(H,33,34,36). The van der Waals surface area contributed by atoms with Crippen LogP contribution in [0.5, 0.6) is 5.75 Å². The first-order valence-corrected chi connectivity index (χ1v) is 12.7. The fourth-order valence-electron chi connectivity index (χ4n) is 4.12. The van der Waals surface area contributed by atoms with Crippen molar-refractivity contribution in [2.45, 2.75) is 33.4 Å². The predicted octanol–water partition coefficient (Wildman–Crippen LogP) is 5.01. The van der Waals surface area contributed by atoms with Gasteiger partial charge in [0.05, 0.1) is 54.4 Å². The second kappa shape index (κ2) is 10.6. The zero-order valence-electron chi connectivity index (χ0n) is 20.8. The highest BCUT2D eigenvalue weighted by atomic mass is 35.5. The molecule has 39 heavy (non-hydrogen) atoms. The highest BCUT2D eigenvalue weighted by molar-refractivity contribution is 7.16. The Labute approximate surface area is 230 Å². The SMILES string of the molecule is COc1cnc(Cl)cc1-c1cc(C)ncc1C(=O)Nc1nc2c(s1)CN(C(=O)c1ncc(C(F)F)nc1C)C2. The molecule has 0 unspecified atom stereocenters. The Morgan fingerprint density at radius 1 is 1.08 bits per heavy atom. The van der Waals surface area contributed by atoms with Crippen LogP contribution in [0.3, 0.4) is 0 Å². The molecule has 0 radical (unpaired) electrons. The molecule has 0 saturated heterocycles. The summed E-state index contributed by atoms with van der Waals surface area (Å²) in [7, 11) is 1.50. The fraction of sp³-hybridized carbons (Fsp3) is 0.240. The van der Waals surface area contributed by atoms with Crippen LogP contribution in [0.25, 0.3) is 11.1 Å². The Kier molecular flexibility index (Phi) is 7.19. The van der Waals surface area contributed by atoms with Crippen molar-refractivity contribution in [3.05, 3.63) is 74.8 Å². The van der Waals surface area contributed by atoms with Gasteiger partial charge >= 0.3 is 0 Å². The summed E-state index contributed by atoms with van der Waals surface area (Å²) in [4.78, 5) is 49.0. The van der Waals surface area contributed by atoms with Gasteiger partial charge in [-0.3, -0.25) is 19.9 Å². The number of ether oxygens (including phenoxy) is 1. The molecule has 1 N–H and O–H groups in total. The van der Waals surface area contributed by atoms with E-state index in [0.29, 0.717) is 33.4 Å². The van der Waals surface area contributed by atoms with E-state index in [9.17, 15) is 18.4 Å². The number of nitrogens with zero attached hydrogens (tertiary/aromatic N) is 6. The first-order chi connectivity index (χ1) is 18.6. The molecule has 0 spiro atoms. The molecule has 0 fully saturated rings. The molecule has 5 rings (SSSR count). The van der Waals surface area contributed by atoms with Crippen molar-refractivity contribution in [3.8, 4) is 16.9 Å². The number of hydrogen-bond acceptors (Lipinski definition) is 9. The maximum atomic E-state index is 13.3. The minimum atomic E-state index is -2.77. The van der Waals surface area contributed by atoms with Crippen LogP contribution in [0.1, 0.15) is 54.9 Å². The van der Waals surface area contributed by atoms with Crippen LogP contribution in [0.4, 0.5) is 13.9 Å². The number of halogens is 3. The largest absolute Gasteiger partial charge is 0.494 e. The molecule has 14 heteroatoms. The maximum absolute atomic E-state index is 13.3. The first kappa shape index (κ1) is 26.5. The number of pyridine rings is 2. The Hall–Kier alpha value is -4.10. The van der Waals surface area contributed by atoms with Crippen molar-refractivity contribution in [2.75, 3.05) is 12.4 Å². The van der Waals surface area contributed by atoms with E-state index in [2.05, 4.69) is 30.2 Å². The molecule has 5 heterocycles. The maximum Gasteiger partial charge on any atom is 0.281 e. The average molecular weight is 572 g/mol. The molecule has 10 nitrogen and oxygen atoms in total. The molecule has 4 aromatic heterocycles. The second-order valence-corrected chi connectivity index (χ2v) is 10.1. The van der Waals surface area contributed by atoms with Gasteiger partial charge in [-0.1, -0.05) is 22.9 Å². The lowest BCUT2D eigenvalue weighted by Gasteiger charge is -2.16. The van der Waals surface area contributed by atoms with Crippen LogP contribution in [-0.2, 0) is 13.1 Å². The van der Waals surface area contributed by atoms with Crippen molar-refractivity contribution >= 4 is 39.9 Å². The summed E-state index contributed by atoms with van der Waals surface area (Å²) >= 11 is 7.35. The summed E-state index contributed by atoms with van der Waals surface area (Å²) in [5.74, 6) is -0.421. The third-order valence-electron chi connectivity index (χ3n) is 5.98. The number of fused-ring (bicyclic) bond motifs is 1. The third kappa shape index (κ3) is 5.27. The zero-order valence-corrected chi connectivity index (χ0v) is 22.4. The third-order valence-corrected chi connectivity index (χ3v) is 7.19. The van der Waals surface area contributed by atoms with Crippen molar-refractivity contribution in [2.24, 2.45) is 0 Å². The van der Waals surface area contributed by atoms with Gasteiger partial charge in [-0.05, 0) is 26.0 Å². The number of anilines is 1. The molecule has 4 aromatic rings. The van der Waals surface area contributed by atoms with Crippen molar-refractivity contribution in [3.63, 3.8) is 0 Å². The number of nitrogens with one attached hydrogen (secondary N) is 1. The monoisotopic (exact) mass is 571 g/mol. The molecule has 0 atom stereocenters. The van der Waals surface area contributed by atoms with Crippen LogP contribution in [0, 0.1) is 13.8 Å². The second-order valence-electron chi connectivity index (χ2n) is 8.61. The summed E-state index contributed by atoms with van der Waals surface area (Å²) in [6, 6.07) is 3.37. The smallest absolute Gasteiger partial charge is 0.281 e. The fourth-order valence-corrected chi connectivity index (χ4v) is 5.26. The van der Waals surface area contributed by atoms with Crippen LogP contribution in [0.15, 0.2) is 30.7 Å². The number of hydrogen-bond donors (Lipinski definition) is 1. The lowest BCUT2D eigenvalue weighted by molar-refractivity contribution is 0.0742. The number of carbonyl (C=O) groups is 2. The number of rotatable bonds is 6. The van der Waals surface area contributed by atoms with Crippen LogP contribution in [-0.4, -0.2) is 48.7 Å². The molecule has 0 aliphatic carbocycles. The van der Waals surface area contributed by atoms with E-state index in [4.69, 9.17) is 16.3 Å². The van der Waals surface area contributed by atoms with E-state index < -0.39 is 23.9 Å². The molecule has 0 aromatic carbocycles. The van der Waals surface area contributed by atoms with Crippen molar-refractivity contribution in [1.29, 1.82) is 0 Å². The number of aromatic nitrogens is 5. The zero-order chi connectivity index (χ0) is 27.8. The van der Waals surface area contributed by atoms with Gasteiger partial charge < -0.3 is 9.64 Å². The Morgan fingerprint density at radius 2 is 1.87 bits per heavy atom. The van der Waals surface area contributed by atoms with Gasteiger partial charge in [0.1, 0.15) is 22.3 Å². The minimum absolute atomic E-state index is 0.00845. The topological polar surface area (TPSA) is 123 Å². The van der Waals surface area contributed by atoms with Gasteiger partial charge in [-0.25, -0.2) is 28.7 Å². The Morgan fingerprint density at radius 3 is 2.56 bits per heavy atom. The summed E-state index contributed by atoms with van der Waals surface area (Å²) in [5, 5.41) is 3.42. The van der Waals surface area contributed by atoms with Crippen LogP contribution < -0.4 is 10.1 Å². The Balaban J connectivity index is 1.34. The normalized spacial score (nSPS) is 12.5. The molecule has 1 aliphatic heterocycles. The van der Waals surface area contributed by atoms with E-state index in [1.807, 2.05) is 0 Å². The highest BCUT2D eigenvalue weighted by Crippen LogP contribution is 2.35. The van der Waals surface area contributed by atoms with Gasteiger partial charge in [0.2, 0.25) is 0 Å². The number of alkyl halides is 2. The highest BCUT2D eigenvalue weighted by Gasteiger charge is 2.30. The van der Waals surface area contributed by atoms with Crippen molar-refractivity contribution in [1.82, 2.24) is 29.8 Å². The van der Waals surface area contributed by atoms with E-state index in [1.165, 1.54) is 42.7 Å². The number of carbonyl (C=O) groups excluding carboxylic acids is 2. The molecule has 0 saturated carbocycles. The number of aryl methyl sites for hydroxylation is 2. The summed E-state index contributed by atoms with van der Waals surface area (Å²) < 4.78 is 31.2. The van der Waals surface area contributed by atoms with E-state index in [1.54, 1.807) is 19.1 Å². The molecule has 0 bridgehead atoms. The van der Waals surface area contributed by atoms with Gasteiger partial charge in [-0.15, -0.1) is 0 Å². The summed E-state index contributed by atoms with van der Waals surface area (Å²) in [6.45, 7) is 3.69. The predicted molar refractivity (Wildman–Crippen MR) is 139 cm³/mol. The van der Waals surface area contributed by atoms with E-state index >= 15 is 0 Å². The Bertz CT molecular complexity index is 1590. The first-order valence-electron chi connectivity index (χ1n) is 11.5. The lowest BCUT2D eigenvalue weighted by atomic mass is 10.0. The van der Waals surface area contributed by atoms with Crippen LogP contribution >= 0.6 is 22.9 Å². The quantitative estimate of drug-likeness (QED) is 0.320. The number of amides is 2. The molecular formula is C25H20ClF2N7O3S. The van der Waals surface area contributed by atoms with Gasteiger partial charge in [0.25, 0.3) is 18.2 Å². The van der Waals surface area contributed by atoms with Gasteiger partial charge in [0.15, 0.2) is 5.13 Å². The van der Waals surface area contributed by atoms with Crippen LogP contribution in [0.2, 0.25) is 5.15 Å². The summed E-state index contributed by atoms with van der Waals surface area (Å²) in [5.41, 5.74) is 2.42. The van der Waals surface area contributed by atoms with Gasteiger partial charge in [0, 0.05) is 23.0 Å². The number of methoxy groups -OCH3 is 1. The van der Waals surface area contributed by atoms with Gasteiger partial charge in [-0.2, -0.15) is 0 Å². The molecule has 2 amide bonds. The van der Waals surface area contributed by atoms with E-state index in [-0.39, 0.29) is 35.2 Å². The molecular weight excluding hydrogens is 552 g/mol. The molecule has 1 aliphatic rings. The van der Waals surface area contributed by atoms with E-state index in [0.717, 1.165) is 11.1 Å². The lowest BCUT2D eigenvalue weighted by Crippen LogP contribution is -2.27. The number of thiazole rings is 1. The average Bonchev–Trinajstić information content (AvgIpc) is 3.47. The molecule has 200 valence electrons.